The number of methoxy groups -OCH3 is 1. The Morgan fingerprint density at radius 2 is 1.88 bits per heavy atom. The highest BCUT2D eigenvalue weighted by atomic mass is 16.5. The SMILES string of the molecule is COc1ccc2[nH]c(C)c(CC(=O)NC3CCCCCC(C(=O)NCCNC(C)=O)CO3)c2c1. The van der Waals surface area contributed by atoms with Crippen molar-refractivity contribution < 1.29 is 23.9 Å². The van der Waals surface area contributed by atoms with E-state index < -0.39 is 6.23 Å². The lowest BCUT2D eigenvalue weighted by molar-refractivity contribution is -0.130. The van der Waals surface area contributed by atoms with Gasteiger partial charge >= 0.3 is 0 Å². The molecule has 2 unspecified atom stereocenters. The van der Waals surface area contributed by atoms with E-state index in [1.54, 1.807) is 7.11 Å². The number of rotatable bonds is 8. The van der Waals surface area contributed by atoms with Crippen LogP contribution in [0, 0.1) is 12.8 Å². The predicted molar refractivity (Wildman–Crippen MR) is 129 cm³/mol. The zero-order valence-corrected chi connectivity index (χ0v) is 20.3. The lowest BCUT2D eigenvalue weighted by atomic mass is 10.0. The summed E-state index contributed by atoms with van der Waals surface area (Å²) in [6.45, 7) is 4.43. The van der Waals surface area contributed by atoms with Crippen LogP contribution in [0.2, 0.25) is 0 Å². The van der Waals surface area contributed by atoms with Crippen molar-refractivity contribution in [3.63, 3.8) is 0 Å². The molecule has 4 N–H and O–H groups in total. The molecular formula is C25H36N4O5. The monoisotopic (exact) mass is 472 g/mol. The third-order valence-corrected chi connectivity index (χ3v) is 6.17. The Morgan fingerprint density at radius 1 is 1.12 bits per heavy atom. The van der Waals surface area contributed by atoms with Crippen molar-refractivity contribution in [2.24, 2.45) is 5.92 Å². The Labute approximate surface area is 200 Å². The summed E-state index contributed by atoms with van der Waals surface area (Å²) in [4.78, 5) is 39.8. The molecule has 0 bridgehead atoms. The third-order valence-electron chi connectivity index (χ3n) is 6.17. The minimum atomic E-state index is -0.430. The van der Waals surface area contributed by atoms with Gasteiger partial charge in [0, 0.05) is 36.6 Å². The van der Waals surface area contributed by atoms with Gasteiger partial charge in [-0.3, -0.25) is 14.4 Å². The van der Waals surface area contributed by atoms with E-state index in [4.69, 9.17) is 9.47 Å². The highest BCUT2D eigenvalue weighted by Gasteiger charge is 2.23. The number of carbonyl (C=O) groups excluding carboxylic acids is 3. The summed E-state index contributed by atoms with van der Waals surface area (Å²) in [5, 5.41) is 9.50. The first kappa shape index (κ1) is 25.6. The van der Waals surface area contributed by atoms with Gasteiger partial charge in [-0.2, -0.15) is 0 Å². The van der Waals surface area contributed by atoms with E-state index in [-0.39, 0.29) is 36.7 Å². The van der Waals surface area contributed by atoms with Crippen LogP contribution in [0.3, 0.4) is 0 Å². The standard InChI is InChI=1S/C25H36N4O5/c1-16-20(21-13-19(33-3)9-10-22(21)28-16)14-23(31)29-24-8-6-4-5-7-18(15-34-24)25(32)27-12-11-26-17(2)30/h9-10,13,18,24,28H,4-8,11-12,14-15H2,1-3H3,(H,26,30)(H,27,32)(H,29,31). The van der Waals surface area contributed by atoms with E-state index >= 15 is 0 Å². The van der Waals surface area contributed by atoms with Crippen LogP contribution in [0.5, 0.6) is 5.75 Å². The fraction of sp³-hybridized carbons (Fsp3) is 0.560. The molecule has 34 heavy (non-hydrogen) atoms. The number of benzene rings is 1. The molecule has 9 heteroatoms. The summed E-state index contributed by atoms with van der Waals surface area (Å²) in [7, 11) is 1.62. The topological polar surface area (TPSA) is 122 Å². The number of hydrogen-bond acceptors (Lipinski definition) is 5. The molecule has 1 aliphatic rings. The molecule has 3 rings (SSSR count). The molecule has 0 saturated carbocycles. The van der Waals surface area contributed by atoms with Crippen molar-refractivity contribution in [2.45, 2.75) is 58.6 Å². The molecule has 186 valence electrons. The summed E-state index contributed by atoms with van der Waals surface area (Å²) in [6.07, 6.45) is 4.08. The average Bonchev–Trinajstić information content (AvgIpc) is 3.16. The van der Waals surface area contributed by atoms with Gasteiger partial charge in [0.25, 0.3) is 0 Å². The Hall–Kier alpha value is -3.07. The molecule has 1 aromatic heterocycles. The van der Waals surface area contributed by atoms with Gasteiger partial charge in [0.15, 0.2) is 0 Å². The number of amides is 3. The highest BCUT2D eigenvalue weighted by Crippen LogP contribution is 2.27. The van der Waals surface area contributed by atoms with E-state index in [2.05, 4.69) is 20.9 Å². The Kier molecular flexibility index (Phi) is 9.33. The zero-order chi connectivity index (χ0) is 24.5. The Bertz CT molecular complexity index is 1000. The van der Waals surface area contributed by atoms with Crippen molar-refractivity contribution in [1.82, 2.24) is 20.9 Å². The minimum Gasteiger partial charge on any atom is -0.497 e. The Morgan fingerprint density at radius 3 is 2.65 bits per heavy atom. The minimum absolute atomic E-state index is 0.0827. The van der Waals surface area contributed by atoms with Gasteiger partial charge in [-0.05, 0) is 49.9 Å². The number of H-pyrrole nitrogens is 1. The van der Waals surface area contributed by atoms with Crippen LogP contribution in [0.1, 0.15) is 50.3 Å². The quantitative estimate of drug-likeness (QED) is 0.439. The summed E-state index contributed by atoms with van der Waals surface area (Å²) < 4.78 is 11.3. The van der Waals surface area contributed by atoms with Crippen molar-refractivity contribution in [3.8, 4) is 5.75 Å². The predicted octanol–water partition coefficient (Wildman–Crippen LogP) is 2.32. The number of aryl methyl sites for hydroxylation is 1. The molecule has 9 nitrogen and oxygen atoms in total. The molecule has 2 heterocycles. The summed E-state index contributed by atoms with van der Waals surface area (Å²) in [6, 6.07) is 5.78. The van der Waals surface area contributed by atoms with E-state index in [0.717, 1.165) is 53.6 Å². The second-order valence-corrected chi connectivity index (χ2v) is 8.82. The summed E-state index contributed by atoms with van der Waals surface area (Å²) in [5.74, 6) is 0.140. The number of hydrogen-bond donors (Lipinski definition) is 4. The number of ether oxygens (including phenoxy) is 2. The van der Waals surface area contributed by atoms with E-state index in [0.29, 0.717) is 19.5 Å². The van der Waals surface area contributed by atoms with Gasteiger partial charge in [-0.1, -0.05) is 12.8 Å². The first-order valence-corrected chi connectivity index (χ1v) is 12.0. The first-order chi connectivity index (χ1) is 16.4. The van der Waals surface area contributed by atoms with Gasteiger partial charge in [-0.25, -0.2) is 0 Å². The van der Waals surface area contributed by atoms with Crippen LogP contribution in [0.15, 0.2) is 18.2 Å². The van der Waals surface area contributed by atoms with Crippen LogP contribution in [-0.4, -0.2) is 55.7 Å². The largest absolute Gasteiger partial charge is 0.497 e. The molecule has 1 fully saturated rings. The fourth-order valence-electron chi connectivity index (χ4n) is 4.29. The van der Waals surface area contributed by atoms with Gasteiger partial charge in [0.2, 0.25) is 17.7 Å². The van der Waals surface area contributed by atoms with Crippen molar-refractivity contribution in [2.75, 3.05) is 26.8 Å². The number of carbonyl (C=O) groups is 3. The smallest absolute Gasteiger partial charge is 0.226 e. The number of aromatic amines is 1. The van der Waals surface area contributed by atoms with Gasteiger partial charge in [0.05, 0.1) is 26.1 Å². The van der Waals surface area contributed by atoms with Crippen LogP contribution in [0.4, 0.5) is 0 Å². The molecule has 1 aliphatic heterocycles. The third kappa shape index (κ3) is 7.21. The maximum Gasteiger partial charge on any atom is 0.226 e. The average molecular weight is 473 g/mol. The van der Waals surface area contributed by atoms with E-state index in [9.17, 15) is 14.4 Å². The van der Waals surface area contributed by atoms with Gasteiger partial charge < -0.3 is 30.4 Å². The maximum atomic E-state index is 12.9. The lowest BCUT2D eigenvalue weighted by Crippen LogP contribution is -2.41. The van der Waals surface area contributed by atoms with Crippen LogP contribution < -0.4 is 20.7 Å². The van der Waals surface area contributed by atoms with Crippen LogP contribution >= 0.6 is 0 Å². The van der Waals surface area contributed by atoms with Crippen molar-refractivity contribution in [3.05, 3.63) is 29.5 Å². The molecular weight excluding hydrogens is 436 g/mol. The molecule has 3 amide bonds. The van der Waals surface area contributed by atoms with Gasteiger partial charge in [0.1, 0.15) is 12.0 Å². The van der Waals surface area contributed by atoms with E-state index in [1.807, 2.05) is 25.1 Å². The zero-order valence-electron chi connectivity index (χ0n) is 20.3. The lowest BCUT2D eigenvalue weighted by Gasteiger charge is -2.21. The molecule has 0 radical (unpaired) electrons. The van der Waals surface area contributed by atoms with Gasteiger partial charge in [-0.15, -0.1) is 0 Å². The number of nitrogens with one attached hydrogen (secondary N) is 4. The normalized spacial score (nSPS) is 18.9. The number of fused-ring (bicyclic) bond motifs is 1. The molecule has 1 aromatic carbocycles. The fourth-order valence-corrected chi connectivity index (χ4v) is 4.29. The summed E-state index contributed by atoms with van der Waals surface area (Å²) >= 11 is 0. The second kappa shape index (κ2) is 12.4. The molecule has 2 atom stereocenters. The second-order valence-electron chi connectivity index (χ2n) is 8.82. The maximum absolute atomic E-state index is 12.9. The van der Waals surface area contributed by atoms with Crippen LogP contribution in [-0.2, 0) is 25.5 Å². The number of aromatic nitrogens is 1. The highest BCUT2D eigenvalue weighted by molar-refractivity contribution is 5.91. The van der Waals surface area contributed by atoms with E-state index in [1.165, 1.54) is 6.92 Å². The molecule has 0 spiro atoms. The van der Waals surface area contributed by atoms with Crippen molar-refractivity contribution in [1.29, 1.82) is 0 Å². The summed E-state index contributed by atoms with van der Waals surface area (Å²) in [5.41, 5.74) is 2.85. The van der Waals surface area contributed by atoms with Crippen LogP contribution in [0.25, 0.3) is 10.9 Å². The van der Waals surface area contributed by atoms with Crippen molar-refractivity contribution >= 4 is 28.6 Å². The Balaban J connectivity index is 1.56. The molecule has 2 aromatic rings. The first-order valence-electron chi connectivity index (χ1n) is 12.0. The molecule has 1 saturated heterocycles. The molecule has 0 aliphatic carbocycles.